The monoisotopic (exact) mass is 405 g/mol. The number of benzene rings is 2. The summed E-state index contributed by atoms with van der Waals surface area (Å²) in [6.07, 6.45) is 3.02. The lowest BCUT2D eigenvalue weighted by Crippen LogP contribution is -2.14. The smallest absolute Gasteiger partial charge is 0.259 e. The van der Waals surface area contributed by atoms with Gasteiger partial charge in [0.25, 0.3) is 5.91 Å². The second kappa shape index (κ2) is 10.1. The van der Waals surface area contributed by atoms with Gasteiger partial charge in [-0.25, -0.2) is 0 Å². The number of amides is 1. The summed E-state index contributed by atoms with van der Waals surface area (Å²) >= 11 is 3.41. The number of anilines is 1. The lowest BCUT2D eigenvalue weighted by molar-refractivity contribution is 0.102. The number of unbranched alkanes of at least 4 members (excludes halogenated alkanes) is 1. The van der Waals surface area contributed by atoms with E-state index in [1.807, 2.05) is 37.3 Å². The summed E-state index contributed by atoms with van der Waals surface area (Å²) in [6.45, 7) is 5.44. The molecule has 0 saturated heterocycles. The Morgan fingerprint density at radius 3 is 2.44 bits per heavy atom. The predicted molar refractivity (Wildman–Crippen MR) is 105 cm³/mol. The number of halogens is 1. The van der Waals surface area contributed by atoms with Crippen LogP contribution >= 0.6 is 15.9 Å². The zero-order chi connectivity index (χ0) is 18.1. The summed E-state index contributed by atoms with van der Waals surface area (Å²) in [5.74, 6) is 1.19. The molecule has 0 aliphatic heterocycles. The van der Waals surface area contributed by atoms with Gasteiger partial charge in [0.2, 0.25) is 0 Å². The van der Waals surface area contributed by atoms with Gasteiger partial charge in [0.05, 0.1) is 18.8 Å². The second-order valence-electron chi connectivity index (χ2n) is 5.67. The molecular weight excluding hydrogens is 382 g/mol. The molecule has 2 aromatic rings. The third-order valence-corrected chi connectivity index (χ3v) is 4.02. The van der Waals surface area contributed by atoms with Gasteiger partial charge < -0.3 is 14.8 Å². The first kappa shape index (κ1) is 19.3. The van der Waals surface area contributed by atoms with E-state index in [0.717, 1.165) is 29.5 Å². The SMILES string of the molecule is CCCCOc1ccc(NC(=O)c2cc(Br)ccc2OCCC)cc1. The highest BCUT2D eigenvalue weighted by Crippen LogP contribution is 2.25. The van der Waals surface area contributed by atoms with E-state index >= 15 is 0 Å². The van der Waals surface area contributed by atoms with Gasteiger partial charge >= 0.3 is 0 Å². The largest absolute Gasteiger partial charge is 0.494 e. The van der Waals surface area contributed by atoms with Crippen LogP contribution in [0.4, 0.5) is 5.69 Å². The van der Waals surface area contributed by atoms with Crippen LogP contribution in [0, 0.1) is 0 Å². The van der Waals surface area contributed by atoms with E-state index in [1.54, 1.807) is 12.1 Å². The molecule has 1 N–H and O–H groups in total. The summed E-state index contributed by atoms with van der Waals surface area (Å²) in [5, 5.41) is 2.90. The van der Waals surface area contributed by atoms with Crippen LogP contribution in [-0.4, -0.2) is 19.1 Å². The van der Waals surface area contributed by atoms with Gasteiger partial charge in [-0.15, -0.1) is 0 Å². The third-order valence-electron chi connectivity index (χ3n) is 3.53. The predicted octanol–water partition coefficient (Wildman–Crippen LogP) is 5.67. The molecular formula is C20H24BrNO3. The molecule has 1 amide bonds. The number of rotatable bonds is 9. The number of carbonyl (C=O) groups excluding carboxylic acids is 1. The van der Waals surface area contributed by atoms with Crippen molar-refractivity contribution in [2.24, 2.45) is 0 Å². The minimum absolute atomic E-state index is 0.202. The van der Waals surface area contributed by atoms with E-state index in [0.29, 0.717) is 30.2 Å². The number of hydrogen-bond donors (Lipinski definition) is 1. The van der Waals surface area contributed by atoms with Crippen molar-refractivity contribution in [3.05, 3.63) is 52.5 Å². The highest BCUT2D eigenvalue weighted by atomic mass is 79.9. The third kappa shape index (κ3) is 6.09. The van der Waals surface area contributed by atoms with Crippen LogP contribution in [-0.2, 0) is 0 Å². The lowest BCUT2D eigenvalue weighted by Gasteiger charge is -2.12. The number of ether oxygens (including phenoxy) is 2. The van der Waals surface area contributed by atoms with Crippen molar-refractivity contribution in [3.63, 3.8) is 0 Å². The van der Waals surface area contributed by atoms with E-state index < -0.39 is 0 Å². The highest BCUT2D eigenvalue weighted by molar-refractivity contribution is 9.10. The quantitative estimate of drug-likeness (QED) is 0.546. The molecule has 4 nitrogen and oxygen atoms in total. The van der Waals surface area contributed by atoms with E-state index in [-0.39, 0.29) is 5.91 Å². The number of nitrogens with one attached hydrogen (secondary N) is 1. The van der Waals surface area contributed by atoms with E-state index in [9.17, 15) is 4.79 Å². The Kier molecular flexibility index (Phi) is 7.79. The Bertz CT molecular complexity index is 686. The van der Waals surface area contributed by atoms with Crippen LogP contribution in [0.15, 0.2) is 46.9 Å². The van der Waals surface area contributed by atoms with Crippen LogP contribution in [0.2, 0.25) is 0 Å². The fourth-order valence-corrected chi connectivity index (χ4v) is 2.55. The van der Waals surface area contributed by atoms with Gasteiger partial charge in [0, 0.05) is 10.2 Å². The fraction of sp³-hybridized carbons (Fsp3) is 0.350. The molecule has 2 rings (SSSR count). The highest BCUT2D eigenvalue weighted by Gasteiger charge is 2.13. The van der Waals surface area contributed by atoms with E-state index in [4.69, 9.17) is 9.47 Å². The van der Waals surface area contributed by atoms with Crippen molar-refractivity contribution in [1.29, 1.82) is 0 Å². The molecule has 5 heteroatoms. The summed E-state index contributed by atoms with van der Waals surface area (Å²) in [5.41, 5.74) is 1.22. The Labute approximate surface area is 157 Å². The Morgan fingerprint density at radius 2 is 1.76 bits per heavy atom. The average Bonchev–Trinajstić information content (AvgIpc) is 2.62. The lowest BCUT2D eigenvalue weighted by atomic mass is 10.2. The molecule has 0 radical (unpaired) electrons. The molecule has 0 saturated carbocycles. The minimum atomic E-state index is -0.202. The number of carbonyl (C=O) groups is 1. The van der Waals surface area contributed by atoms with Crippen LogP contribution in [0.3, 0.4) is 0 Å². The molecule has 0 bridgehead atoms. The standard InChI is InChI=1S/C20H24BrNO3/c1-3-5-13-24-17-9-7-16(8-10-17)22-20(23)18-14-15(21)6-11-19(18)25-12-4-2/h6-11,14H,3-5,12-13H2,1-2H3,(H,22,23). The number of hydrogen-bond acceptors (Lipinski definition) is 3. The molecule has 0 spiro atoms. The first-order chi connectivity index (χ1) is 12.1. The molecule has 0 aromatic heterocycles. The topological polar surface area (TPSA) is 47.6 Å². The molecule has 25 heavy (non-hydrogen) atoms. The normalized spacial score (nSPS) is 10.4. The molecule has 134 valence electrons. The van der Waals surface area contributed by atoms with Gasteiger partial charge in [0.1, 0.15) is 11.5 Å². The van der Waals surface area contributed by atoms with Crippen LogP contribution < -0.4 is 14.8 Å². The summed E-state index contributed by atoms with van der Waals surface area (Å²) < 4.78 is 12.1. The Balaban J connectivity index is 2.05. The van der Waals surface area contributed by atoms with Gasteiger partial charge in [-0.1, -0.05) is 36.2 Å². The Hall–Kier alpha value is -2.01. The molecule has 0 atom stereocenters. The van der Waals surface area contributed by atoms with Crippen LogP contribution in [0.1, 0.15) is 43.5 Å². The van der Waals surface area contributed by atoms with Crippen molar-refractivity contribution >= 4 is 27.5 Å². The van der Waals surface area contributed by atoms with Crippen molar-refractivity contribution in [3.8, 4) is 11.5 Å². The molecule has 0 unspecified atom stereocenters. The maximum atomic E-state index is 12.6. The maximum absolute atomic E-state index is 12.6. The van der Waals surface area contributed by atoms with Gasteiger partial charge in [-0.2, -0.15) is 0 Å². The van der Waals surface area contributed by atoms with Gasteiger partial charge in [-0.05, 0) is 55.3 Å². The van der Waals surface area contributed by atoms with Crippen molar-refractivity contribution < 1.29 is 14.3 Å². The van der Waals surface area contributed by atoms with E-state index in [2.05, 4.69) is 28.2 Å². The molecule has 2 aromatic carbocycles. The zero-order valence-corrected chi connectivity index (χ0v) is 16.3. The molecule has 0 aliphatic carbocycles. The van der Waals surface area contributed by atoms with Gasteiger partial charge in [0.15, 0.2) is 0 Å². The first-order valence-corrected chi connectivity index (χ1v) is 9.40. The van der Waals surface area contributed by atoms with Crippen molar-refractivity contribution in [2.75, 3.05) is 18.5 Å². The summed E-state index contributed by atoms with van der Waals surface area (Å²) in [6, 6.07) is 12.8. The Morgan fingerprint density at radius 1 is 1.00 bits per heavy atom. The van der Waals surface area contributed by atoms with Gasteiger partial charge in [-0.3, -0.25) is 4.79 Å². The average molecular weight is 406 g/mol. The minimum Gasteiger partial charge on any atom is -0.494 e. The molecule has 0 heterocycles. The zero-order valence-electron chi connectivity index (χ0n) is 14.7. The molecule has 0 fully saturated rings. The van der Waals surface area contributed by atoms with Crippen molar-refractivity contribution in [1.82, 2.24) is 0 Å². The molecule has 0 aliphatic rings. The first-order valence-electron chi connectivity index (χ1n) is 8.60. The summed E-state index contributed by atoms with van der Waals surface area (Å²) in [7, 11) is 0. The van der Waals surface area contributed by atoms with E-state index in [1.165, 1.54) is 0 Å². The fourth-order valence-electron chi connectivity index (χ4n) is 2.18. The maximum Gasteiger partial charge on any atom is 0.259 e. The second-order valence-corrected chi connectivity index (χ2v) is 6.59. The van der Waals surface area contributed by atoms with Crippen molar-refractivity contribution in [2.45, 2.75) is 33.1 Å². The summed E-state index contributed by atoms with van der Waals surface area (Å²) in [4.78, 5) is 12.6. The van der Waals surface area contributed by atoms with Crippen LogP contribution in [0.5, 0.6) is 11.5 Å². The van der Waals surface area contributed by atoms with Crippen LogP contribution in [0.25, 0.3) is 0 Å².